The molecule has 2 aromatic rings. The van der Waals surface area contributed by atoms with E-state index in [4.69, 9.17) is 5.26 Å². The van der Waals surface area contributed by atoms with Crippen LogP contribution in [0, 0.1) is 18.3 Å². The van der Waals surface area contributed by atoms with Crippen molar-refractivity contribution in [1.29, 1.82) is 5.26 Å². The summed E-state index contributed by atoms with van der Waals surface area (Å²) in [4.78, 5) is 12.5. The van der Waals surface area contributed by atoms with E-state index in [-0.39, 0.29) is 17.0 Å². The van der Waals surface area contributed by atoms with Crippen molar-refractivity contribution in [2.24, 2.45) is 0 Å². The van der Waals surface area contributed by atoms with E-state index in [2.05, 4.69) is 5.32 Å². The zero-order chi connectivity index (χ0) is 19.3. The van der Waals surface area contributed by atoms with E-state index in [1.54, 1.807) is 26.0 Å². The number of carbonyl (C=O) groups is 1. The standard InChI is InChI=1S/C19H21N3O3S/c1-4-22(26(24,25)18-7-5-6-16(12-18)13-20)15(3)19(23)21-17-10-8-14(2)9-11-17/h5-12,15H,4H2,1-3H3,(H,21,23)/t15-/m0/s1. The Balaban J connectivity index is 2.26. The first-order valence-electron chi connectivity index (χ1n) is 8.19. The number of nitrogens with one attached hydrogen (secondary N) is 1. The molecule has 0 heterocycles. The monoisotopic (exact) mass is 371 g/mol. The average molecular weight is 371 g/mol. The van der Waals surface area contributed by atoms with Crippen molar-refractivity contribution in [1.82, 2.24) is 4.31 Å². The highest BCUT2D eigenvalue weighted by atomic mass is 32.2. The van der Waals surface area contributed by atoms with Crippen LogP contribution in [0.5, 0.6) is 0 Å². The molecule has 0 aliphatic heterocycles. The van der Waals surface area contributed by atoms with E-state index in [0.717, 1.165) is 9.87 Å². The molecule has 0 aliphatic carbocycles. The number of hydrogen-bond acceptors (Lipinski definition) is 4. The van der Waals surface area contributed by atoms with E-state index >= 15 is 0 Å². The van der Waals surface area contributed by atoms with Gasteiger partial charge in [0.15, 0.2) is 0 Å². The molecule has 2 aromatic carbocycles. The van der Waals surface area contributed by atoms with Gasteiger partial charge in [-0.2, -0.15) is 9.57 Å². The lowest BCUT2D eigenvalue weighted by Gasteiger charge is -2.26. The summed E-state index contributed by atoms with van der Waals surface area (Å²) in [5, 5.41) is 11.7. The van der Waals surface area contributed by atoms with Gasteiger partial charge in [-0.05, 0) is 44.2 Å². The minimum atomic E-state index is -3.91. The lowest BCUT2D eigenvalue weighted by molar-refractivity contribution is -0.119. The van der Waals surface area contributed by atoms with Crippen molar-refractivity contribution in [2.45, 2.75) is 31.7 Å². The maximum atomic E-state index is 12.9. The number of benzene rings is 2. The summed E-state index contributed by atoms with van der Waals surface area (Å²) in [5.41, 5.74) is 1.91. The topological polar surface area (TPSA) is 90.3 Å². The lowest BCUT2D eigenvalue weighted by Crippen LogP contribution is -2.45. The van der Waals surface area contributed by atoms with E-state index < -0.39 is 22.0 Å². The highest BCUT2D eigenvalue weighted by molar-refractivity contribution is 7.89. The molecule has 6 nitrogen and oxygen atoms in total. The minimum Gasteiger partial charge on any atom is -0.325 e. The molecule has 136 valence electrons. The third kappa shape index (κ3) is 4.28. The highest BCUT2D eigenvalue weighted by Gasteiger charge is 2.32. The van der Waals surface area contributed by atoms with E-state index in [1.165, 1.54) is 24.3 Å². The van der Waals surface area contributed by atoms with Crippen LogP contribution < -0.4 is 5.32 Å². The summed E-state index contributed by atoms with van der Waals surface area (Å²) >= 11 is 0. The average Bonchev–Trinajstić information content (AvgIpc) is 2.63. The molecule has 0 unspecified atom stereocenters. The largest absolute Gasteiger partial charge is 0.325 e. The predicted octanol–water partition coefficient (Wildman–Crippen LogP) is 2.90. The second-order valence-corrected chi connectivity index (χ2v) is 7.77. The van der Waals surface area contributed by atoms with Crippen LogP contribution in [-0.4, -0.2) is 31.2 Å². The molecule has 0 spiro atoms. The maximum Gasteiger partial charge on any atom is 0.243 e. The molecule has 7 heteroatoms. The molecule has 0 radical (unpaired) electrons. The molecule has 1 amide bonds. The molecule has 0 saturated heterocycles. The van der Waals surface area contributed by atoms with Gasteiger partial charge in [0.25, 0.3) is 0 Å². The van der Waals surface area contributed by atoms with E-state index in [0.29, 0.717) is 5.69 Å². The summed E-state index contributed by atoms with van der Waals surface area (Å²) in [5.74, 6) is -0.421. The lowest BCUT2D eigenvalue weighted by atomic mass is 10.2. The Morgan fingerprint density at radius 2 is 1.88 bits per heavy atom. The third-order valence-corrected chi connectivity index (χ3v) is 6.05. The Bertz CT molecular complexity index is 931. The molecule has 26 heavy (non-hydrogen) atoms. The fourth-order valence-electron chi connectivity index (χ4n) is 2.53. The van der Waals surface area contributed by atoms with Crippen molar-refractivity contribution in [3.63, 3.8) is 0 Å². The second kappa shape index (κ2) is 8.13. The molecule has 0 aromatic heterocycles. The van der Waals surface area contributed by atoms with Gasteiger partial charge in [-0.1, -0.05) is 30.7 Å². The smallest absolute Gasteiger partial charge is 0.243 e. The molecule has 0 saturated carbocycles. The van der Waals surface area contributed by atoms with Gasteiger partial charge >= 0.3 is 0 Å². The summed E-state index contributed by atoms with van der Waals surface area (Å²) in [6.07, 6.45) is 0. The van der Waals surface area contributed by atoms with Gasteiger partial charge in [0.2, 0.25) is 15.9 Å². The Labute approximate surface area is 154 Å². The first kappa shape index (κ1) is 19.6. The number of nitriles is 1. The van der Waals surface area contributed by atoms with Crippen LogP contribution in [0.2, 0.25) is 0 Å². The number of aryl methyl sites for hydroxylation is 1. The number of sulfonamides is 1. The summed E-state index contributed by atoms with van der Waals surface area (Å²) in [7, 11) is -3.91. The molecule has 0 fully saturated rings. The van der Waals surface area contributed by atoms with Gasteiger partial charge in [0.1, 0.15) is 6.04 Å². The highest BCUT2D eigenvalue weighted by Crippen LogP contribution is 2.20. The van der Waals surface area contributed by atoms with Crippen LogP contribution in [0.25, 0.3) is 0 Å². The molecule has 1 N–H and O–H groups in total. The van der Waals surface area contributed by atoms with Gasteiger partial charge < -0.3 is 5.32 Å². The van der Waals surface area contributed by atoms with Gasteiger partial charge in [0.05, 0.1) is 16.5 Å². The molecular formula is C19H21N3O3S. The fourth-order valence-corrected chi connectivity index (χ4v) is 4.18. The summed E-state index contributed by atoms with van der Waals surface area (Å²) in [6.45, 7) is 5.27. The Hall–Kier alpha value is -2.69. The predicted molar refractivity (Wildman–Crippen MR) is 100.0 cm³/mol. The van der Waals surface area contributed by atoms with Crippen LogP contribution in [0.15, 0.2) is 53.4 Å². The Kier molecular flexibility index (Phi) is 6.14. The summed E-state index contributed by atoms with van der Waals surface area (Å²) < 4.78 is 26.9. The number of hydrogen-bond donors (Lipinski definition) is 1. The third-order valence-electron chi connectivity index (χ3n) is 4.01. The zero-order valence-corrected chi connectivity index (χ0v) is 15.7. The minimum absolute atomic E-state index is 0.00612. The second-order valence-electron chi connectivity index (χ2n) is 5.88. The number of nitrogens with zero attached hydrogens (tertiary/aromatic N) is 2. The first-order chi connectivity index (χ1) is 12.3. The van der Waals surface area contributed by atoms with Crippen LogP contribution in [-0.2, 0) is 14.8 Å². The quantitative estimate of drug-likeness (QED) is 0.845. The molecule has 2 rings (SSSR count). The molecule has 0 aliphatic rings. The van der Waals surface area contributed by atoms with Crippen LogP contribution >= 0.6 is 0 Å². The number of carbonyl (C=O) groups excluding carboxylic acids is 1. The maximum absolute atomic E-state index is 12.9. The van der Waals surface area contributed by atoms with Crippen molar-refractivity contribution in [3.8, 4) is 6.07 Å². The Morgan fingerprint density at radius 3 is 2.46 bits per heavy atom. The SMILES string of the molecule is CCN([C@@H](C)C(=O)Nc1ccc(C)cc1)S(=O)(=O)c1cccc(C#N)c1. The van der Waals surface area contributed by atoms with Crippen molar-refractivity contribution >= 4 is 21.6 Å². The van der Waals surface area contributed by atoms with Crippen LogP contribution in [0.4, 0.5) is 5.69 Å². The van der Waals surface area contributed by atoms with Crippen molar-refractivity contribution in [2.75, 3.05) is 11.9 Å². The normalized spacial score (nSPS) is 12.4. The number of rotatable bonds is 6. The Morgan fingerprint density at radius 1 is 1.23 bits per heavy atom. The molecular weight excluding hydrogens is 350 g/mol. The zero-order valence-electron chi connectivity index (χ0n) is 14.9. The van der Waals surface area contributed by atoms with Gasteiger partial charge in [0, 0.05) is 12.2 Å². The van der Waals surface area contributed by atoms with E-state index in [9.17, 15) is 13.2 Å². The number of amides is 1. The summed E-state index contributed by atoms with van der Waals surface area (Å²) in [6, 6.07) is 14.0. The first-order valence-corrected chi connectivity index (χ1v) is 9.63. The molecule has 1 atom stereocenters. The van der Waals surface area contributed by atoms with Crippen molar-refractivity contribution < 1.29 is 13.2 Å². The van der Waals surface area contributed by atoms with Gasteiger partial charge in [-0.25, -0.2) is 8.42 Å². The van der Waals surface area contributed by atoms with Crippen LogP contribution in [0.1, 0.15) is 25.0 Å². The van der Waals surface area contributed by atoms with Crippen LogP contribution in [0.3, 0.4) is 0 Å². The van der Waals surface area contributed by atoms with Gasteiger partial charge in [-0.15, -0.1) is 0 Å². The number of likely N-dealkylation sites (N-methyl/N-ethyl adjacent to an activating group) is 1. The van der Waals surface area contributed by atoms with E-state index in [1.807, 2.05) is 25.1 Å². The molecule has 0 bridgehead atoms. The number of anilines is 1. The van der Waals surface area contributed by atoms with Gasteiger partial charge in [-0.3, -0.25) is 4.79 Å². The van der Waals surface area contributed by atoms with Crippen molar-refractivity contribution in [3.05, 3.63) is 59.7 Å². The fraction of sp³-hybridized carbons (Fsp3) is 0.263.